The van der Waals surface area contributed by atoms with E-state index >= 15 is 0 Å². The molecule has 0 bridgehead atoms. The Balaban J connectivity index is 1.81. The second-order valence-corrected chi connectivity index (χ2v) is 13.3. The van der Waals surface area contributed by atoms with Crippen molar-refractivity contribution >= 4 is 21.7 Å². The third kappa shape index (κ3) is 5.54. The molecule has 2 fully saturated rings. The summed E-state index contributed by atoms with van der Waals surface area (Å²) in [6.45, 7) is -1.47. The topological polar surface area (TPSA) is 112 Å². The van der Waals surface area contributed by atoms with Crippen molar-refractivity contribution in [2.45, 2.75) is 65.8 Å². The van der Waals surface area contributed by atoms with Gasteiger partial charge in [0.05, 0.1) is 23.5 Å². The molecule has 7 nitrogen and oxygen atoms in total. The van der Waals surface area contributed by atoms with Crippen molar-refractivity contribution in [1.29, 1.82) is 0 Å². The summed E-state index contributed by atoms with van der Waals surface area (Å²) in [6, 6.07) is 3.78. The van der Waals surface area contributed by atoms with Crippen molar-refractivity contribution < 1.29 is 63.3 Å². The summed E-state index contributed by atoms with van der Waals surface area (Å²) >= 11 is 0. The summed E-state index contributed by atoms with van der Waals surface area (Å²) in [6.07, 6.45) is -12.8. The Bertz CT molecular complexity index is 1470. The van der Waals surface area contributed by atoms with Crippen molar-refractivity contribution in [3.8, 4) is 0 Å². The Labute approximate surface area is 246 Å². The summed E-state index contributed by atoms with van der Waals surface area (Å²) in [5.41, 5.74) is -8.02. The van der Waals surface area contributed by atoms with E-state index in [0.717, 1.165) is 29.2 Å². The number of carboxylic acids is 1. The van der Waals surface area contributed by atoms with Crippen LogP contribution in [-0.4, -0.2) is 67.0 Å². The molecule has 1 unspecified atom stereocenters. The van der Waals surface area contributed by atoms with Crippen LogP contribution in [0.5, 0.6) is 0 Å². The number of carbonyl (C=O) groups is 2. The van der Waals surface area contributed by atoms with Gasteiger partial charge in [-0.2, -0.15) is 26.3 Å². The number of aliphatic carboxylic acids is 1. The molecule has 2 N–H and O–H groups in total. The molecule has 44 heavy (non-hydrogen) atoms. The molecule has 0 aromatic heterocycles. The van der Waals surface area contributed by atoms with Gasteiger partial charge in [-0.1, -0.05) is 24.3 Å². The Hall–Kier alpha value is -3.27. The quantitative estimate of drug-likeness (QED) is 0.310. The van der Waals surface area contributed by atoms with Gasteiger partial charge in [0, 0.05) is 18.0 Å². The number of aliphatic hydroxyl groups excluding tert-OH is 1. The number of amides is 1. The number of likely N-dealkylation sites (tertiary alicyclic amines) is 1. The molecule has 1 aliphatic heterocycles. The highest BCUT2D eigenvalue weighted by Crippen LogP contribution is 2.54. The number of rotatable bonds is 7. The number of benzene rings is 2. The van der Waals surface area contributed by atoms with Gasteiger partial charge in [-0.25, -0.2) is 17.2 Å². The number of aliphatic hydroxyl groups is 1. The monoisotopic (exact) mass is 657 g/mol. The Kier molecular flexibility index (Phi) is 8.85. The van der Waals surface area contributed by atoms with E-state index in [1.807, 2.05) is 0 Å². The highest BCUT2D eigenvalue weighted by molar-refractivity contribution is 7.92. The number of hydrogen-bond acceptors (Lipinski definition) is 5. The van der Waals surface area contributed by atoms with E-state index in [1.165, 1.54) is 0 Å². The fourth-order valence-corrected chi connectivity index (χ4v) is 8.21. The minimum atomic E-state index is -6.41. The largest absolute Gasteiger partial charge is 0.481 e. The predicted octanol–water partition coefficient (Wildman–Crippen LogP) is 5.27. The van der Waals surface area contributed by atoms with Gasteiger partial charge < -0.3 is 15.1 Å². The van der Waals surface area contributed by atoms with E-state index in [2.05, 4.69) is 0 Å². The van der Waals surface area contributed by atoms with E-state index in [9.17, 15) is 63.3 Å². The molecule has 1 amide bonds. The maximum atomic E-state index is 14.7. The van der Waals surface area contributed by atoms with Crippen molar-refractivity contribution in [1.82, 2.24) is 4.90 Å². The van der Waals surface area contributed by atoms with Crippen LogP contribution in [0.3, 0.4) is 0 Å². The van der Waals surface area contributed by atoms with Crippen LogP contribution in [0.1, 0.15) is 43.2 Å². The Morgan fingerprint density at radius 3 is 1.80 bits per heavy atom. The number of sulfone groups is 1. The fourth-order valence-electron chi connectivity index (χ4n) is 6.09. The molecular weight excluding hydrogens is 630 g/mol. The fraction of sp³-hybridized carbons (Fsp3) is 0.500. The molecule has 242 valence electrons. The molecule has 1 heterocycles. The highest BCUT2D eigenvalue weighted by atomic mass is 32.2. The molecule has 1 saturated heterocycles. The Morgan fingerprint density at radius 1 is 0.841 bits per heavy atom. The van der Waals surface area contributed by atoms with Crippen LogP contribution in [-0.2, 0) is 29.8 Å². The Morgan fingerprint density at radius 2 is 1.34 bits per heavy atom. The number of carbonyl (C=O) groups excluding carboxylic acids is 1. The molecule has 1 aliphatic carbocycles. The van der Waals surface area contributed by atoms with Crippen LogP contribution in [0.25, 0.3) is 0 Å². The number of alkyl halides is 7. The SMILES string of the molecule is O=C(O)[C@H]1CC[C@H](C(=O)N2CC(c3ccc(C(F)(C(F)(F)F)C(F)(F)F)cc3)(S(=O)(=O)c3ccc(F)cc3)C[C@H]2CO)CC1. The zero-order valence-corrected chi connectivity index (χ0v) is 23.5. The smallest absolute Gasteiger partial charge is 0.435 e. The minimum Gasteiger partial charge on any atom is -0.481 e. The van der Waals surface area contributed by atoms with Gasteiger partial charge in [-0.15, -0.1) is 0 Å². The molecular formula is C28H27F8NO6S. The highest BCUT2D eigenvalue weighted by Gasteiger charge is 2.73. The molecule has 4 rings (SSSR count). The number of carboxylic acid groups (broad SMARTS) is 1. The van der Waals surface area contributed by atoms with Gasteiger partial charge in [0.2, 0.25) is 5.91 Å². The number of nitrogens with zero attached hydrogens (tertiary/aromatic N) is 1. The van der Waals surface area contributed by atoms with E-state index < -0.39 is 98.2 Å². The van der Waals surface area contributed by atoms with Gasteiger partial charge in [0.25, 0.3) is 0 Å². The first-order valence-electron chi connectivity index (χ1n) is 13.4. The van der Waals surface area contributed by atoms with E-state index in [-0.39, 0.29) is 43.4 Å². The van der Waals surface area contributed by atoms with Gasteiger partial charge >= 0.3 is 24.0 Å². The lowest BCUT2D eigenvalue weighted by Crippen LogP contribution is -2.50. The maximum absolute atomic E-state index is 14.7. The lowest BCUT2D eigenvalue weighted by Gasteiger charge is -2.33. The van der Waals surface area contributed by atoms with Crippen LogP contribution >= 0.6 is 0 Å². The summed E-state index contributed by atoms with van der Waals surface area (Å²) < 4.78 is 135. The predicted molar refractivity (Wildman–Crippen MR) is 137 cm³/mol. The zero-order chi connectivity index (χ0) is 32.9. The molecule has 16 heteroatoms. The van der Waals surface area contributed by atoms with Gasteiger partial charge in [0.15, 0.2) is 9.84 Å². The van der Waals surface area contributed by atoms with Crippen LogP contribution < -0.4 is 0 Å². The van der Waals surface area contributed by atoms with Crippen molar-refractivity contribution in [3.05, 3.63) is 65.5 Å². The van der Waals surface area contributed by atoms with Crippen LogP contribution in [0, 0.1) is 17.7 Å². The van der Waals surface area contributed by atoms with Crippen molar-refractivity contribution in [2.75, 3.05) is 13.2 Å². The molecule has 2 atom stereocenters. The van der Waals surface area contributed by atoms with E-state index in [0.29, 0.717) is 12.1 Å². The number of hydrogen-bond donors (Lipinski definition) is 2. The van der Waals surface area contributed by atoms with Crippen LogP contribution in [0.4, 0.5) is 35.1 Å². The standard InChI is InChI=1S/C28H27F8NO6S/c29-20-9-11-22(12-10-20)44(42,43)25(18-5-7-19(8-6-18)26(30,27(31,32)33)28(34,35)36)13-21(14-38)37(15-25)23(39)16-1-3-17(4-2-16)24(40)41/h5-12,16-17,21,38H,1-4,13-15H2,(H,40,41)/t16-,17-,21-,25?/m0/s1. The summed E-state index contributed by atoms with van der Waals surface area (Å²) in [5.74, 6) is -3.88. The molecule has 1 saturated carbocycles. The average Bonchev–Trinajstić information content (AvgIpc) is 3.37. The lowest BCUT2D eigenvalue weighted by molar-refractivity contribution is -0.348. The minimum absolute atomic E-state index is 0.143. The van der Waals surface area contributed by atoms with Crippen LogP contribution in [0.15, 0.2) is 53.4 Å². The number of halogens is 8. The molecule has 0 radical (unpaired) electrons. The summed E-state index contributed by atoms with van der Waals surface area (Å²) in [5, 5.41) is 19.4. The first kappa shape index (κ1) is 33.6. The zero-order valence-electron chi connectivity index (χ0n) is 22.7. The van der Waals surface area contributed by atoms with E-state index in [4.69, 9.17) is 0 Å². The normalized spacial score (nSPS) is 25.2. The first-order chi connectivity index (χ1) is 20.3. The maximum Gasteiger partial charge on any atom is 0.435 e. The third-order valence-corrected chi connectivity index (χ3v) is 11.0. The van der Waals surface area contributed by atoms with Gasteiger partial charge in [-0.3, -0.25) is 9.59 Å². The van der Waals surface area contributed by atoms with Gasteiger partial charge in [-0.05, 0) is 61.9 Å². The second kappa shape index (κ2) is 11.6. The molecule has 2 aromatic rings. The lowest BCUT2D eigenvalue weighted by atomic mass is 9.81. The van der Waals surface area contributed by atoms with Crippen LogP contribution in [0.2, 0.25) is 0 Å². The van der Waals surface area contributed by atoms with E-state index in [1.54, 1.807) is 0 Å². The second-order valence-electron chi connectivity index (χ2n) is 11.1. The van der Waals surface area contributed by atoms with Gasteiger partial charge in [0.1, 0.15) is 10.6 Å². The summed E-state index contributed by atoms with van der Waals surface area (Å²) in [7, 11) is -4.72. The molecule has 2 aromatic carbocycles. The first-order valence-corrected chi connectivity index (χ1v) is 14.9. The molecule has 2 aliphatic rings. The third-order valence-electron chi connectivity index (χ3n) is 8.58. The molecule has 0 spiro atoms. The van der Waals surface area contributed by atoms with Crippen molar-refractivity contribution in [2.24, 2.45) is 11.8 Å². The van der Waals surface area contributed by atoms with Crippen molar-refractivity contribution in [3.63, 3.8) is 0 Å². The average molecular weight is 658 g/mol. The summed E-state index contributed by atoms with van der Waals surface area (Å²) in [4.78, 5) is 25.5.